The summed E-state index contributed by atoms with van der Waals surface area (Å²) in [6, 6.07) is 14.1. The van der Waals surface area contributed by atoms with E-state index in [4.69, 9.17) is 0 Å². The third kappa shape index (κ3) is 2.04. The molecule has 0 radical (unpaired) electrons. The van der Waals surface area contributed by atoms with E-state index in [1.54, 1.807) is 11.6 Å². The molecule has 0 unspecified atom stereocenters. The van der Waals surface area contributed by atoms with Crippen LogP contribution in [0.2, 0.25) is 0 Å². The van der Waals surface area contributed by atoms with Crippen molar-refractivity contribution >= 4 is 22.5 Å². The molecule has 0 amide bonds. The van der Waals surface area contributed by atoms with Gasteiger partial charge in [-0.3, -0.25) is 4.79 Å². The first-order valence-corrected chi connectivity index (χ1v) is 7.52. The highest BCUT2D eigenvalue weighted by Crippen LogP contribution is 2.37. The van der Waals surface area contributed by atoms with Crippen molar-refractivity contribution in [3.05, 3.63) is 65.6 Å². The Bertz CT molecular complexity index is 949. The number of allylic oxidation sites excluding steroid dienone is 2. The molecule has 0 saturated heterocycles. The lowest BCUT2D eigenvalue weighted by Crippen LogP contribution is -2.28. The highest BCUT2D eigenvalue weighted by molar-refractivity contribution is 5.98. The van der Waals surface area contributed by atoms with Crippen molar-refractivity contribution in [2.75, 3.05) is 5.32 Å². The second-order valence-electron chi connectivity index (χ2n) is 5.72. The van der Waals surface area contributed by atoms with Gasteiger partial charge in [0.2, 0.25) is 5.95 Å². The zero-order chi connectivity index (χ0) is 16.0. The van der Waals surface area contributed by atoms with E-state index in [9.17, 15) is 4.79 Å². The molecule has 0 saturated carbocycles. The number of fused-ring (bicyclic) bond motifs is 2. The van der Waals surface area contributed by atoms with Crippen LogP contribution in [0.5, 0.6) is 0 Å². The topological polar surface area (TPSA) is 59.8 Å². The van der Waals surface area contributed by atoms with Crippen molar-refractivity contribution in [1.82, 2.24) is 14.8 Å². The molecule has 2 heterocycles. The second kappa shape index (κ2) is 5.05. The lowest BCUT2D eigenvalue weighted by Gasteiger charge is -2.28. The Morgan fingerprint density at radius 1 is 1.17 bits per heavy atom. The van der Waals surface area contributed by atoms with Gasteiger partial charge in [0.05, 0.1) is 0 Å². The summed E-state index contributed by atoms with van der Waals surface area (Å²) in [7, 11) is 0. The molecule has 0 bridgehead atoms. The maximum Gasteiger partial charge on any atom is 0.226 e. The zero-order valence-electron chi connectivity index (χ0n) is 12.9. The molecule has 5 nitrogen and oxygen atoms in total. The lowest BCUT2D eigenvalue weighted by molar-refractivity contribution is -0.114. The number of carbonyl (C=O) groups excluding carboxylic acids is 1. The van der Waals surface area contributed by atoms with Gasteiger partial charge >= 0.3 is 0 Å². The van der Waals surface area contributed by atoms with Crippen LogP contribution in [0, 0.1) is 0 Å². The Morgan fingerprint density at radius 2 is 1.96 bits per heavy atom. The normalized spacial score (nSPS) is 17.0. The number of aromatic nitrogens is 3. The van der Waals surface area contributed by atoms with E-state index in [1.165, 1.54) is 6.33 Å². The number of benzene rings is 2. The number of nitrogens with one attached hydrogen (secondary N) is 1. The third-order valence-corrected chi connectivity index (χ3v) is 4.29. The zero-order valence-corrected chi connectivity index (χ0v) is 12.9. The molecule has 114 valence electrons. The Morgan fingerprint density at radius 3 is 2.78 bits per heavy atom. The summed E-state index contributed by atoms with van der Waals surface area (Å²) < 4.78 is 1.78. The fourth-order valence-corrected chi connectivity index (χ4v) is 3.32. The maximum absolute atomic E-state index is 12.3. The van der Waals surface area contributed by atoms with E-state index < -0.39 is 0 Å². The van der Waals surface area contributed by atoms with E-state index in [-0.39, 0.29) is 11.8 Å². The number of hydrogen-bond donors (Lipinski definition) is 1. The Kier molecular flexibility index (Phi) is 3.01. The fourth-order valence-electron chi connectivity index (χ4n) is 3.32. The fraction of sp³-hybridized carbons (Fsp3) is 0.167. The molecule has 1 N–H and O–H groups in total. The van der Waals surface area contributed by atoms with E-state index in [0.717, 1.165) is 27.6 Å². The largest absolute Gasteiger partial charge is 0.328 e. The van der Waals surface area contributed by atoms with Crippen LogP contribution in [-0.2, 0) is 4.79 Å². The van der Waals surface area contributed by atoms with Gasteiger partial charge in [0.15, 0.2) is 5.78 Å². The van der Waals surface area contributed by atoms with Crippen molar-refractivity contribution in [3.63, 3.8) is 0 Å². The van der Waals surface area contributed by atoms with Gasteiger partial charge in [-0.05, 0) is 30.2 Å². The molecule has 0 fully saturated rings. The van der Waals surface area contributed by atoms with E-state index in [2.05, 4.69) is 39.7 Å². The average molecular weight is 304 g/mol. The smallest absolute Gasteiger partial charge is 0.226 e. The molecule has 23 heavy (non-hydrogen) atoms. The molecule has 1 aromatic heterocycles. The molecule has 1 aliphatic heterocycles. The molecule has 2 aromatic carbocycles. The first-order chi connectivity index (χ1) is 11.2. The molecule has 3 aromatic rings. The average Bonchev–Trinajstić information content (AvgIpc) is 3.00. The van der Waals surface area contributed by atoms with Crippen LogP contribution >= 0.6 is 0 Å². The van der Waals surface area contributed by atoms with Gasteiger partial charge in [-0.1, -0.05) is 42.5 Å². The van der Waals surface area contributed by atoms with E-state index in [0.29, 0.717) is 5.95 Å². The maximum atomic E-state index is 12.3. The Balaban J connectivity index is 2.04. The first-order valence-electron chi connectivity index (χ1n) is 7.52. The monoisotopic (exact) mass is 304 g/mol. The summed E-state index contributed by atoms with van der Waals surface area (Å²) in [6.07, 6.45) is 1.51. The predicted octanol–water partition coefficient (Wildman–Crippen LogP) is 3.31. The molecule has 0 aliphatic carbocycles. The number of nitrogens with zero attached hydrogens (tertiary/aromatic N) is 3. The van der Waals surface area contributed by atoms with Gasteiger partial charge in [-0.15, -0.1) is 0 Å². The summed E-state index contributed by atoms with van der Waals surface area (Å²) in [5, 5.41) is 9.78. The molecular weight excluding hydrogens is 288 g/mol. The number of hydrogen-bond acceptors (Lipinski definition) is 4. The summed E-state index contributed by atoms with van der Waals surface area (Å²) in [4.78, 5) is 16.6. The number of ketones is 1. The van der Waals surface area contributed by atoms with Gasteiger partial charge in [0.1, 0.15) is 12.4 Å². The highest BCUT2D eigenvalue weighted by atomic mass is 16.1. The van der Waals surface area contributed by atoms with E-state index in [1.807, 2.05) is 25.1 Å². The van der Waals surface area contributed by atoms with Gasteiger partial charge in [-0.2, -0.15) is 10.1 Å². The minimum atomic E-state index is -0.266. The molecule has 1 aliphatic rings. The lowest BCUT2D eigenvalue weighted by atomic mass is 9.90. The van der Waals surface area contributed by atoms with Crippen LogP contribution in [0.4, 0.5) is 5.95 Å². The van der Waals surface area contributed by atoms with Crippen LogP contribution in [0.15, 0.2) is 60.1 Å². The molecular formula is C18H16N4O. The van der Waals surface area contributed by atoms with Crippen LogP contribution in [-0.4, -0.2) is 20.5 Å². The van der Waals surface area contributed by atoms with Crippen molar-refractivity contribution in [2.24, 2.45) is 0 Å². The number of anilines is 1. The van der Waals surface area contributed by atoms with Gasteiger partial charge in [0, 0.05) is 11.3 Å². The van der Waals surface area contributed by atoms with Crippen molar-refractivity contribution in [2.45, 2.75) is 19.9 Å². The van der Waals surface area contributed by atoms with E-state index >= 15 is 0 Å². The Labute approximate surface area is 133 Å². The van der Waals surface area contributed by atoms with Crippen LogP contribution < -0.4 is 5.32 Å². The minimum absolute atomic E-state index is 0.0362. The van der Waals surface area contributed by atoms with Crippen molar-refractivity contribution in [3.8, 4) is 0 Å². The Hall–Kier alpha value is -2.95. The first kappa shape index (κ1) is 13.7. The second-order valence-corrected chi connectivity index (χ2v) is 5.72. The molecule has 1 atom stereocenters. The SMILES string of the molecule is CC(=O)C1=C(C)Nc2ncnn2[C@@H]1c1cccc2ccccc12. The third-order valence-electron chi connectivity index (χ3n) is 4.29. The van der Waals surface area contributed by atoms with Crippen LogP contribution in [0.1, 0.15) is 25.5 Å². The summed E-state index contributed by atoms with van der Waals surface area (Å²) >= 11 is 0. The summed E-state index contributed by atoms with van der Waals surface area (Å²) in [6.45, 7) is 3.51. The number of carbonyl (C=O) groups is 1. The molecule has 5 heteroatoms. The van der Waals surface area contributed by atoms with Gasteiger partial charge in [0.25, 0.3) is 0 Å². The molecule has 4 rings (SSSR count). The quantitative estimate of drug-likeness (QED) is 0.789. The van der Waals surface area contributed by atoms with Crippen molar-refractivity contribution in [1.29, 1.82) is 0 Å². The highest BCUT2D eigenvalue weighted by Gasteiger charge is 2.32. The minimum Gasteiger partial charge on any atom is -0.328 e. The van der Waals surface area contributed by atoms with Crippen molar-refractivity contribution < 1.29 is 4.79 Å². The van der Waals surface area contributed by atoms with Crippen LogP contribution in [0.3, 0.4) is 0 Å². The van der Waals surface area contributed by atoms with Gasteiger partial charge < -0.3 is 5.32 Å². The number of rotatable bonds is 2. The summed E-state index contributed by atoms with van der Waals surface area (Å²) in [5.74, 6) is 0.694. The standard InChI is InChI=1S/C18H16N4O/c1-11-16(12(2)23)17(22-18(21-11)19-10-20-22)15-9-5-7-13-6-3-4-8-14(13)15/h3-10,17H,1-2H3,(H,19,20,21)/t17-/m1/s1. The summed E-state index contributed by atoms with van der Waals surface area (Å²) in [5.41, 5.74) is 2.61. The number of Topliss-reactive ketones (excluding diaryl/α,β-unsaturated/α-hetero) is 1. The predicted molar refractivity (Wildman–Crippen MR) is 89.1 cm³/mol. The van der Waals surface area contributed by atoms with Crippen LogP contribution in [0.25, 0.3) is 10.8 Å². The van der Waals surface area contributed by atoms with Gasteiger partial charge in [-0.25, -0.2) is 4.68 Å². The molecule has 0 spiro atoms.